The normalized spacial score (nSPS) is 21.0. The van der Waals surface area contributed by atoms with Crippen molar-refractivity contribution in [2.75, 3.05) is 13.1 Å². The molecule has 1 saturated heterocycles. The van der Waals surface area contributed by atoms with Crippen LogP contribution in [0.2, 0.25) is 0 Å². The number of ketones is 1. The SMILES string of the molecule is O=C1CCN(S(=O)(=O)C(F)(F)F)C1. The molecule has 0 N–H and O–H groups in total. The van der Waals surface area contributed by atoms with Gasteiger partial charge >= 0.3 is 15.5 Å². The first-order valence-electron chi connectivity index (χ1n) is 3.33. The molecule has 0 aromatic rings. The molecule has 0 unspecified atom stereocenters. The lowest BCUT2D eigenvalue weighted by Crippen LogP contribution is -2.39. The Morgan fingerprint density at radius 3 is 2.15 bits per heavy atom. The third-order valence-corrected chi connectivity index (χ3v) is 3.20. The largest absolute Gasteiger partial charge is 0.511 e. The van der Waals surface area contributed by atoms with Gasteiger partial charge in [0.25, 0.3) is 0 Å². The second kappa shape index (κ2) is 2.95. The highest BCUT2D eigenvalue weighted by molar-refractivity contribution is 7.90. The van der Waals surface area contributed by atoms with Crippen LogP contribution in [0.1, 0.15) is 6.42 Å². The van der Waals surface area contributed by atoms with E-state index in [1.54, 1.807) is 0 Å². The van der Waals surface area contributed by atoms with Gasteiger partial charge in [0.1, 0.15) is 5.78 Å². The zero-order valence-corrected chi connectivity index (χ0v) is 7.15. The summed E-state index contributed by atoms with van der Waals surface area (Å²) in [5.41, 5.74) is -5.31. The standard InChI is InChI=1S/C5H6F3NO3S/c6-5(7,8)13(11,12)9-2-1-4(10)3-9/h1-3H2. The fraction of sp³-hybridized carbons (Fsp3) is 0.800. The van der Waals surface area contributed by atoms with Crippen molar-refractivity contribution in [1.82, 2.24) is 4.31 Å². The highest BCUT2D eigenvalue weighted by Crippen LogP contribution is 2.28. The molecule has 1 rings (SSSR count). The van der Waals surface area contributed by atoms with E-state index in [0.717, 1.165) is 0 Å². The molecule has 0 aliphatic carbocycles. The lowest BCUT2D eigenvalue weighted by atomic mass is 10.4. The Hall–Kier alpha value is -0.630. The molecule has 8 heteroatoms. The van der Waals surface area contributed by atoms with E-state index in [1.165, 1.54) is 0 Å². The van der Waals surface area contributed by atoms with Gasteiger partial charge in [-0.05, 0) is 0 Å². The van der Waals surface area contributed by atoms with Crippen LogP contribution in [0, 0.1) is 0 Å². The summed E-state index contributed by atoms with van der Waals surface area (Å²) >= 11 is 0. The highest BCUT2D eigenvalue weighted by Gasteiger charge is 2.51. The van der Waals surface area contributed by atoms with E-state index >= 15 is 0 Å². The molecule has 0 aromatic carbocycles. The van der Waals surface area contributed by atoms with E-state index in [4.69, 9.17) is 0 Å². The van der Waals surface area contributed by atoms with Gasteiger partial charge in [-0.1, -0.05) is 0 Å². The Labute approximate surface area is 72.4 Å². The molecule has 13 heavy (non-hydrogen) atoms. The predicted molar refractivity (Wildman–Crippen MR) is 36.2 cm³/mol. The second-order valence-corrected chi connectivity index (χ2v) is 4.50. The first kappa shape index (κ1) is 10.5. The third-order valence-electron chi connectivity index (χ3n) is 1.63. The van der Waals surface area contributed by atoms with Crippen molar-refractivity contribution in [2.45, 2.75) is 11.9 Å². The maximum atomic E-state index is 11.9. The van der Waals surface area contributed by atoms with E-state index in [-0.39, 0.29) is 17.3 Å². The van der Waals surface area contributed by atoms with Crippen LogP contribution in [0.3, 0.4) is 0 Å². The Kier molecular flexibility index (Phi) is 2.37. The molecule has 0 aromatic heterocycles. The van der Waals surface area contributed by atoms with Crippen molar-refractivity contribution in [2.24, 2.45) is 0 Å². The number of nitrogens with zero attached hydrogens (tertiary/aromatic N) is 1. The molecule has 1 heterocycles. The van der Waals surface area contributed by atoms with Crippen LogP contribution in [-0.2, 0) is 14.8 Å². The fourth-order valence-electron chi connectivity index (χ4n) is 0.956. The zero-order chi connectivity index (χ0) is 10.3. The molecular formula is C5H6F3NO3S. The molecular weight excluding hydrogens is 211 g/mol. The smallest absolute Gasteiger partial charge is 0.298 e. The Balaban J connectivity index is 2.90. The number of alkyl halides is 3. The van der Waals surface area contributed by atoms with Crippen LogP contribution < -0.4 is 0 Å². The van der Waals surface area contributed by atoms with Gasteiger partial charge in [0.15, 0.2) is 0 Å². The number of halogens is 3. The van der Waals surface area contributed by atoms with E-state index in [9.17, 15) is 26.4 Å². The Morgan fingerprint density at radius 1 is 1.31 bits per heavy atom. The molecule has 0 amide bonds. The van der Waals surface area contributed by atoms with Gasteiger partial charge in [0.05, 0.1) is 6.54 Å². The van der Waals surface area contributed by atoms with Crippen molar-refractivity contribution < 1.29 is 26.4 Å². The van der Waals surface area contributed by atoms with Crippen molar-refractivity contribution >= 4 is 15.8 Å². The summed E-state index contributed by atoms with van der Waals surface area (Å²) < 4.78 is 57.1. The van der Waals surface area contributed by atoms with Crippen LogP contribution in [0.15, 0.2) is 0 Å². The Bertz CT molecular complexity index is 320. The predicted octanol–water partition coefficient (Wildman–Crippen LogP) is 0.111. The highest BCUT2D eigenvalue weighted by atomic mass is 32.2. The van der Waals surface area contributed by atoms with E-state index in [1.807, 2.05) is 0 Å². The molecule has 0 atom stereocenters. The molecule has 0 spiro atoms. The molecule has 0 saturated carbocycles. The summed E-state index contributed by atoms with van der Waals surface area (Å²) in [6.45, 7) is -1.04. The minimum absolute atomic E-state index is 0.144. The number of hydrogen-bond donors (Lipinski definition) is 0. The zero-order valence-electron chi connectivity index (χ0n) is 6.34. The summed E-state index contributed by atoms with van der Waals surface area (Å²) in [6.07, 6.45) is -0.144. The summed E-state index contributed by atoms with van der Waals surface area (Å²) in [6, 6.07) is 0. The molecule has 1 fully saturated rings. The van der Waals surface area contributed by atoms with E-state index in [0.29, 0.717) is 0 Å². The van der Waals surface area contributed by atoms with Gasteiger partial charge in [-0.3, -0.25) is 4.79 Å². The van der Waals surface area contributed by atoms with Gasteiger partial charge in [-0.25, -0.2) is 8.42 Å². The van der Waals surface area contributed by atoms with Gasteiger partial charge in [-0.2, -0.15) is 17.5 Å². The molecule has 0 bridgehead atoms. The maximum absolute atomic E-state index is 11.9. The van der Waals surface area contributed by atoms with Crippen molar-refractivity contribution in [3.05, 3.63) is 0 Å². The number of Topliss-reactive ketones (excluding diaryl/α,β-unsaturated/α-hetero) is 1. The average Bonchev–Trinajstić information content (AvgIpc) is 2.33. The topological polar surface area (TPSA) is 54.5 Å². The summed E-state index contributed by atoms with van der Waals surface area (Å²) in [5, 5.41) is 0. The second-order valence-electron chi connectivity index (χ2n) is 2.57. The number of carbonyl (C=O) groups is 1. The summed E-state index contributed by atoms with van der Waals surface area (Å²) in [4.78, 5) is 10.6. The molecule has 1 aliphatic rings. The van der Waals surface area contributed by atoms with Crippen molar-refractivity contribution in [3.8, 4) is 0 Å². The Morgan fingerprint density at radius 2 is 1.85 bits per heavy atom. The maximum Gasteiger partial charge on any atom is 0.511 e. The van der Waals surface area contributed by atoms with Crippen LogP contribution in [0.4, 0.5) is 13.2 Å². The third kappa shape index (κ3) is 1.83. The monoisotopic (exact) mass is 217 g/mol. The molecule has 1 aliphatic heterocycles. The van der Waals surface area contributed by atoms with Crippen LogP contribution in [0.5, 0.6) is 0 Å². The number of hydrogen-bond acceptors (Lipinski definition) is 3. The number of sulfonamides is 1. The van der Waals surface area contributed by atoms with E-state index in [2.05, 4.69) is 0 Å². The number of rotatable bonds is 1. The molecule has 0 radical (unpaired) electrons. The summed E-state index contributed by atoms with van der Waals surface area (Å²) in [7, 11) is -5.30. The first-order chi connectivity index (χ1) is 5.75. The van der Waals surface area contributed by atoms with Crippen LogP contribution in [0.25, 0.3) is 0 Å². The quantitative estimate of drug-likeness (QED) is 0.626. The van der Waals surface area contributed by atoms with Crippen molar-refractivity contribution in [1.29, 1.82) is 0 Å². The number of carbonyl (C=O) groups excluding carboxylic acids is 1. The van der Waals surface area contributed by atoms with Crippen LogP contribution >= 0.6 is 0 Å². The first-order valence-corrected chi connectivity index (χ1v) is 4.77. The average molecular weight is 217 g/mol. The van der Waals surface area contributed by atoms with Crippen LogP contribution in [-0.4, -0.2) is 37.1 Å². The lowest BCUT2D eigenvalue weighted by Gasteiger charge is -2.16. The molecule has 4 nitrogen and oxygen atoms in total. The van der Waals surface area contributed by atoms with Gasteiger partial charge in [0.2, 0.25) is 0 Å². The minimum Gasteiger partial charge on any atom is -0.298 e. The van der Waals surface area contributed by atoms with Gasteiger partial charge in [-0.15, -0.1) is 0 Å². The van der Waals surface area contributed by atoms with E-state index < -0.39 is 27.9 Å². The minimum atomic E-state index is -5.31. The molecule has 76 valence electrons. The lowest BCUT2D eigenvalue weighted by molar-refractivity contribution is -0.116. The van der Waals surface area contributed by atoms with Gasteiger partial charge in [0, 0.05) is 13.0 Å². The summed E-state index contributed by atoms with van der Waals surface area (Å²) in [5.74, 6) is -0.493. The fourth-order valence-corrected chi connectivity index (χ4v) is 1.89. The van der Waals surface area contributed by atoms with Crippen molar-refractivity contribution in [3.63, 3.8) is 0 Å². The van der Waals surface area contributed by atoms with Gasteiger partial charge < -0.3 is 0 Å².